The van der Waals surface area contributed by atoms with Crippen LogP contribution in [-0.2, 0) is 4.52 Å². The summed E-state index contributed by atoms with van der Waals surface area (Å²) in [7, 11) is -15.7. The second-order valence-corrected chi connectivity index (χ2v) is 8.19. The first-order chi connectivity index (χ1) is 6.68. The Hall–Kier alpha value is 0.400. The van der Waals surface area contributed by atoms with Gasteiger partial charge in [0.1, 0.15) is 0 Å². The summed E-state index contributed by atoms with van der Waals surface area (Å²) in [6, 6.07) is 0. The summed E-state index contributed by atoms with van der Waals surface area (Å²) in [4.78, 5) is 0. The van der Waals surface area contributed by atoms with Crippen LogP contribution in [0.5, 0.6) is 0 Å². The highest BCUT2D eigenvalue weighted by Gasteiger charge is 2.33. The first kappa shape index (κ1) is 13.5. The van der Waals surface area contributed by atoms with E-state index in [1.165, 1.54) is 0 Å². The molecule has 0 radical (unpaired) electrons. The Morgan fingerprint density at radius 3 is 2.13 bits per heavy atom. The average Bonchev–Trinajstić information content (AvgIpc) is 1.98. The van der Waals surface area contributed by atoms with Crippen molar-refractivity contribution in [2.24, 2.45) is 18.1 Å². The van der Waals surface area contributed by atoms with Gasteiger partial charge in [-0.2, -0.15) is 4.20 Å². The molecule has 5 nitrogen and oxygen atoms in total. The lowest BCUT2D eigenvalue weighted by Gasteiger charge is -2.09. The number of rotatable bonds is 1. The third-order valence-corrected chi connectivity index (χ3v) is 7.28. The molecule has 0 saturated carbocycles. The quantitative estimate of drug-likeness (QED) is 0.409. The lowest BCUT2D eigenvalue weighted by atomic mass is 11.8. The van der Waals surface area contributed by atoms with Crippen molar-refractivity contribution < 1.29 is 25.5 Å². The average molecular weight is 306 g/mol. The first-order valence-corrected chi connectivity index (χ1v) is 8.29. The predicted octanol–water partition coefficient (Wildman–Crippen LogP) is 6.38. The van der Waals surface area contributed by atoms with Gasteiger partial charge in [0, 0.05) is 7.11 Å². The molecule has 14 heteroatoms. The maximum absolute atomic E-state index is 13.2. The molecule has 0 amide bonds. The van der Waals surface area contributed by atoms with Crippen molar-refractivity contribution in [2.45, 2.75) is 0 Å². The van der Waals surface area contributed by atoms with Crippen LogP contribution in [0.3, 0.4) is 0 Å². The summed E-state index contributed by atoms with van der Waals surface area (Å²) < 4.78 is 77.3. The lowest BCUT2D eigenvalue weighted by Crippen LogP contribution is -1.72. The Labute approximate surface area is 83.4 Å². The Bertz CT molecular complexity index is 444. The zero-order valence-corrected chi connectivity index (χ0v) is 10.5. The Balaban J connectivity index is 3.42. The van der Waals surface area contributed by atoms with Crippen LogP contribution in [0.15, 0.2) is 18.1 Å². The molecule has 1 aliphatic rings. The SMILES string of the molecule is COP1(F)=NP(F)(F)=NP(F)(F)=NP=N1. The number of nitrogens with zero attached hydrogens (tertiary/aromatic N) is 4. The van der Waals surface area contributed by atoms with E-state index < -0.39 is 31.9 Å². The van der Waals surface area contributed by atoms with E-state index >= 15 is 0 Å². The summed E-state index contributed by atoms with van der Waals surface area (Å²) in [6.45, 7) is 0. The minimum Gasteiger partial charge on any atom is -0.306 e. The molecule has 1 aliphatic heterocycles. The number of hydrogen-bond acceptors (Lipinski definition) is 5. The minimum atomic E-state index is -5.76. The van der Waals surface area contributed by atoms with Crippen molar-refractivity contribution >= 4 is 31.9 Å². The van der Waals surface area contributed by atoms with Crippen molar-refractivity contribution in [2.75, 3.05) is 7.11 Å². The fourth-order valence-corrected chi connectivity index (χ4v) is 5.83. The normalized spacial score (nSPS) is 34.0. The van der Waals surface area contributed by atoms with Crippen LogP contribution >= 0.6 is 31.9 Å². The standard InChI is InChI=1S/CH3F5N4OP4/c1-11-15(6)8-12-7-13(2,3)9-14(4,5)10-15/h1H3. The van der Waals surface area contributed by atoms with E-state index in [1.807, 2.05) is 4.52 Å². The van der Waals surface area contributed by atoms with Gasteiger partial charge in [-0.1, -0.05) is 0 Å². The fourth-order valence-electron chi connectivity index (χ4n) is 0.504. The first-order valence-electron chi connectivity index (χ1n) is 3.04. The van der Waals surface area contributed by atoms with Gasteiger partial charge in [0.25, 0.3) is 0 Å². The second kappa shape index (κ2) is 4.34. The molecule has 0 aromatic carbocycles. The van der Waals surface area contributed by atoms with Crippen LogP contribution in [0.1, 0.15) is 0 Å². The topological polar surface area (TPSA) is 58.7 Å². The van der Waals surface area contributed by atoms with Gasteiger partial charge >= 0.3 is 23.4 Å². The van der Waals surface area contributed by atoms with E-state index in [2.05, 4.69) is 18.1 Å². The third kappa shape index (κ3) is 4.04. The molecule has 1 atom stereocenters. The van der Waals surface area contributed by atoms with Crippen LogP contribution in [0.25, 0.3) is 0 Å². The van der Waals surface area contributed by atoms with E-state index in [-0.39, 0.29) is 0 Å². The van der Waals surface area contributed by atoms with Crippen LogP contribution in [0.4, 0.5) is 21.0 Å². The third-order valence-electron chi connectivity index (χ3n) is 0.963. The summed E-state index contributed by atoms with van der Waals surface area (Å²) in [5, 5.41) is 0. The molecule has 0 aliphatic carbocycles. The maximum Gasteiger partial charge on any atom is 0.426 e. The molecule has 0 spiro atoms. The molecule has 15 heavy (non-hydrogen) atoms. The van der Waals surface area contributed by atoms with Crippen molar-refractivity contribution in [3.63, 3.8) is 0 Å². The van der Waals surface area contributed by atoms with Crippen molar-refractivity contribution in [3.05, 3.63) is 0 Å². The van der Waals surface area contributed by atoms with E-state index in [1.54, 1.807) is 0 Å². The predicted molar refractivity (Wildman–Crippen MR) is 49.9 cm³/mol. The Morgan fingerprint density at radius 2 is 1.60 bits per heavy atom. The second-order valence-electron chi connectivity index (χ2n) is 2.01. The van der Waals surface area contributed by atoms with Gasteiger partial charge in [-0.05, 0) is 0 Å². The van der Waals surface area contributed by atoms with E-state index in [4.69, 9.17) is 0 Å². The zero-order chi connectivity index (χ0) is 11.7. The van der Waals surface area contributed by atoms with E-state index in [0.29, 0.717) is 0 Å². The molecule has 1 heterocycles. The molecule has 0 bridgehead atoms. The van der Waals surface area contributed by atoms with Gasteiger partial charge in [0.05, 0.1) is 0 Å². The maximum atomic E-state index is 13.2. The van der Waals surface area contributed by atoms with Crippen LogP contribution in [-0.4, -0.2) is 7.11 Å². The van der Waals surface area contributed by atoms with Crippen LogP contribution in [0.2, 0.25) is 0 Å². The van der Waals surface area contributed by atoms with Crippen molar-refractivity contribution in [1.29, 1.82) is 0 Å². The smallest absolute Gasteiger partial charge is 0.306 e. The highest BCUT2D eigenvalue weighted by molar-refractivity contribution is 7.74. The van der Waals surface area contributed by atoms with E-state index in [0.717, 1.165) is 7.11 Å². The van der Waals surface area contributed by atoms with Gasteiger partial charge < -0.3 is 4.52 Å². The minimum absolute atomic E-state index is 0.732. The van der Waals surface area contributed by atoms with Crippen molar-refractivity contribution in [1.82, 2.24) is 0 Å². The fraction of sp³-hybridized carbons (Fsp3) is 1.00. The highest BCUT2D eigenvalue weighted by atomic mass is 31.3. The summed E-state index contributed by atoms with van der Waals surface area (Å²) in [6.07, 6.45) is 0. The molecule has 0 fully saturated rings. The number of hydrogen-bond donors (Lipinski definition) is 0. The zero-order valence-electron chi connectivity index (χ0n) is 6.88. The Kier molecular flexibility index (Phi) is 3.90. The molecule has 0 aromatic heterocycles. The van der Waals surface area contributed by atoms with Gasteiger partial charge in [-0.15, -0.1) is 34.8 Å². The number of halogens is 5. The van der Waals surface area contributed by atoms with Gasteiger partial charge in [-0.3, -0.25) is 0 Å². The largest absolute Gasteiger partial charge is 0.426 e. The molecular formula is CH3F5N4OP4. The highest BCUT2D eigenvalue weighted by Crippen LogP contribution is 2.76. The molecule has 1 unspecified atom stereocenters. The van der Waals surface area contributed by atoms with Gasteiger partial charge in [0.15, 0.2) is 8.52 Å². The van der Waals surface area contributed by atoms with Crippen LogP contribution in [0, 0.1) is 0 Å². The summed E-state index contributed by atoms with van der Waals surface area (Å²) >= 11 is 0. The van der Waals surface area contributed by atoms with Gasteiger partial charge in [0.2, 0.25) is 0 Å². The molecule has 88 valence electrons. The molecule has 0 aromatic rings. The molecule has 0 saturated heterocycles. The monoisotopic (exact) mass is 306 g/mol. The Morgan fingerprint density at radius 1 is 1.00 bits per heavy atom. The summed E-state index contributed by atoms with van der Waals surface area (Å²) in [5.41, 5.74) is 0. The van der Waals surface area contributed by atoms with Gasteiger partial charge in [-0.25, -0.2) is 0 Å². The molecular weight excluding hydrogens is 303 g/mol. The lowest BCUT2D eigenvalue weighted by molar-refractivity contribution is 0.421. The van der Waals surface area contributed by atoms with E-state index in [9.17, 15) is 21.0 Å². The van der Waals surface area contributed by atoms with Crippen LogP contribution < -0.4 is 0 Å². The van der Waals surface area contributed by atoms with Crippen molar-refractivity contribution in [3.8, 4) is 0 Å². The molecule has 0 N–H and O–H groups in total. The summed E-state index contributed by atoms with van der Waals surface area (Å²) in [5.74, 6) is 0. The molecule has 1 rings (SSSR count).